The molecule has 1 N–H and O–H groups in total. The van der Waals surface area contributed by atoms with E-state index in [9.17, 15) is 4.79 Å². The summed E-state index contributed by atoms with van der Waals surface area (Å²) in [7, 11) is 0. The molecule has 2 aromatic heterocycles. The van der Waals surface area contributed by atoms with Crippen molar-refractivity contribution in [2.45, 2.75) is 43.8 Å². The molecule has 0 bridgehead atoms. The summed E-state index contributed by atoms with van der Waals surface area (Å²) in [4.78, 5) is 16.6. The second-order valence-corrected chi connectivity index (χ2v) is 7.40. The van der Waals surface area contributed by atoms with Gasteiger partial charge in [-0.1, -0.05) is 25.3 Å². The Morgan fingerprint density at radius 2 is 2.00 bits per heavy atom. The summed E-state index contributed by atoms with van der Waals surface area (Å²) in [6.07, 6.45) is 11.0. The van der Waals surface area contributed by atoms with Crippen molar-refractivity contribution in [1.82, 2.24) is 25.1 Å². The minimum Gasteiger partial charge on any atom is -0.351 e. The first-order valence-electron chi connectivity index (χ1n) is 8.55. The third-order valence-electron chi connectivity index (χ3n) is 4.16. The number of pyridine rings is 1. The van der Waals surface area contributed by atoms with Crippen LogP contribution in [0.3, 0.4) is 0 Å². The molecule has 24 heavy (non-hydrogen) atoms. The molecule has 1 aliphatic rings. The number of rotatable bonds is 7. The fraction of sp³-hybridized carbons (Fsp3) is 0.529. The van der Waals surface area contributed by atoms with E-state index in [2.05, 4.69) is 32.3 Å². The first-order chi connectivity index (χ1) is 11.8. The zero-order valence-electron chi connectivity index (χ0n) is 13.7. The predicted molar refractivity (Wildman–Crippen MR) is 95.4 cm³/mol. The molecule has 0 atom stereocenters. The number of hydrogen-bond acceptors (Lipinski definition) is 5. The molecule has 0 spiro atoms. The Kier molecular flexibility index (Phi) is 6.23. The Morgan fingerprint density at radius 3 is 2.79 bits per heavy atom. The Morgan fingerprint density at radius 1 is 1.21 bits per heavy atom. The molecule has 2 heterocycles. The van der Waals surface area contributed by atoms with E-state index in [1.165, 1.54) is 32.1 Å². The molecule has 128 valence electrons. The van der Waals surface area contributed by atoms with Crippen molar-refractivity contribution in [3.8, 4) is 5.82 Å². The fourth-order valence-electron chi connectivity index (χ4n) is 2.86. The first kappa shape index (κ1) is 17.0. The van der Waals surface area contributed by atoms with Gasteiger partial charge in [0.1, 0.15) is 24.2 Å². The largest absolute Gasteiger partial charge is 0.351 e. The van der Waals surface area contributed by atoms with Crippen molar-refractivity contribution in [1.29, 1.82) is 0 Å². The van der Waals surface area contributed by atoms with E-state index in [4.69, 9.17) is 0 Å². The Bertz CT molecular complexity index is 640. The molecular formula is C17H23N5OS. The van der Waals surface area contributed by atoms with Crippen LogP contribution in [0.4, 0.5) is 0 Å². The Labute approximate surface area is 146 Å². The van der Waals surface area contributed by atoms with Gasteiger partial charge in [-0.3, -0.25) is 9.36 Å². The molecule has 0 saturated heterocycles. The molecule has 7 heteroatoms. The zero-order chi connectivity index (χ0) is 16.6. The molecule has 2 aromatic rings. The second-order valence-electron chi connectivity index (χ2n) is 5.99. The lowest BCUT2D eigenvalue weighted by atomic mass is 10.0. The second kappa shape index (κ2) is 8.82. The number of thioether (sulfide) groups is 1. The monoisotopic (exact) mass is 345 g/mol. The summed E-state index contributed by atoms with van der Waals surface area (Å²) in [6, 6.07) is 5.36. The average Bonchev–Trinajstić information content (AvgIpc) is 3.17. The van der Waals surface area contributed by atoms with E-state index in [1.807, 2.05) is 12.1 Å². The van der Waals surface area contributed by atoms with Gasteiger partial charge in [0, 0.05) is 11.8 Å². The van der Waals surface area contributed by atoms with Gasteiger partial charge in [0.25, 0.3) is 5.91 Å². The lowest BCUT2D eigenvalue weighted by Gasteiger charge is -2.20. The SMILES string of the molecule is O=C(NCCCSC1CCCCC1)c1cccc(-n2cnnc2)n1. The maximum atomic E-state index is 12.2. The molecule has 1 fully saturated rings. The normalized spacial score (nSPS) is 15.3. The van der Waals surface area contributed by atoms with Crippen LogP contribution in [-0.2, 0) is 0 Å². The topological polar surface area (TPSA) is 72.7 Å². The van der Waals surface area contributed by atoms with Crippen molar-refractivity contribution in [3.05, 3.63) is 36.5 Å². The maximum absolute atomic E-state index is 12.2. The number of hydrogen-bond donors (Lipinski definition) is 1. The van der Waals surface area contributed by atoms with Crippen LogP contribution in [0.25, 0.3) is 5.82 Å². The predicted octanol–water partition coefficient (Wildman–Crippen LogP) is 2.85. The Balaban J connectivity index is 1.41. The van der Waals surface area contributed by atoms with Crippen LogP contribution in [0.1, 0.15) is 49.0 Å². The van der Waals surface area contributed by atoms with Gasteiger partial charge in [0.15, 0.2) is 0 Å². The summed E-state index contributed by atoms with van der Waals surface area (Å²) in [5.74, 6) is 1.62. The van der Waals surface area contributed by atoms with Crippen LogP contribution >= 0.6 is 11.8 Å². The number of carbonyl (C=O) groups is 1. The molecule has 1 amide bonds. The quantitative estimate of drug-likeness (QED) is 0.781. The minimum absolute atomic E-state index is 0.132. The Hall–Kier alpha value is -1.89. The van der Waals surface area contributed by atoms with Crippen LogP contribution in [0, 0.1) is 0 Å². The number of nitrogens with zero attached hydrogens (tertiary/aromatic N) is 4. The number of nitrogens with one attached hydrogen (secondary N) is 1. The number of amides is 1. The zero-order valence-corrected chi connectivity index (χ0v) is 14.5. The van der Waals surface area contributed by atoms with Crippen LogP contribution in [-0.4, -0.2) is 43.2 Å². The molecule has 0 radical (unpaired) electrons. The van der Waals surface area contributed by atoms with E-state index in [0.717, 1.165) is 17.4 Å². The van der Waals surface area contributed by atoms with E-state index < -0.39 is 0 Å². The maximum Gasteiger partial charge on any atom is 0.269 e. The lowest BCUT2D eigenvalue weighted by molar-refractivity contribution is 0.0949. The van der Waals surface area contributed by atoms with Crippen LogP contribution in [0.2, 0.25) is 0 Å². The number of aromatic nitrogens is 4. The van der Waals surface area contributed by atoms with Crippen LogP contribution in [0.15, 0.2) is 30.9 Å². The van der Waals surface area contributed by atoms with Gasteiger partial charge in [-0.25, -0.2) is 4.98 Å². The molecule has 0 aromatic carbocycles. The summed E-state index contributed by atoms with van der Waals surface area (Å²) in [6.45, 7) is 0.692. The molecule has 0 aliphatic heterocycles. The smallest absolute Gasteiger partial charge is 0.269 e. The lowest BCUT2D eigenvalue weighted by Crippen LogP contribution is -2.26. The van der Waals surface area contributed by atoms with Crippen molar-refractivity contribution in [3.63, 3.8) is 0 Å². The van der Waals surface area contributed by atoms with Gasteiger partial charge in [-0.05, 0) is 37.1 Å². The highest BCUT2D eigenvalue weighted by Crippen LogP contribution is 2.28. The van der Waals surface area contributed by atoms with Gasteiger partial charge in [0.05, 0.1) is 0 Å². The molecule has 6 nitrogen and oxygen atoms in total. The summed E-state index contributed by atoms with van der Waals surface area (Å²) >= 11 is 2.06. The highest BCUT2D eigenvalue weighted by molar-refractivity contribution is 7.99. The van der Waals surface area contributed by atoms with Gasteiger partial charge in [-0.15, -0.1) is 10.2 Å². The van der Waals surface area contributed by atoms with E-state index in [0.29, 0.717) is 18.1 Å². The standard InChI is InChI=1S/C17H23N5OS/c23-17(18-10-5-11-24-14-6-2-1-3-7-14)15-8-4-9-16(21-15)22-12-19-20-13-22/h4,8-9,12-14H,1-3,5-7,10-11H2,(H,18,23). The van der Waals surface area contributed by atoms with Gasteiger partial charge in [0.2, 0.25) is 0 Å². The molecule has 1 aliphatic carbocycles. The third kappa shape index (κ3) is 4.80. The van der Waals surface area contributed by atoms with Gasteiger partial charge >= 0.3 is 0 Å². The summed E-state index contributed by atoms with van der Waals surface area (Å²) in [5.41, 5.74) is 0.418. The van der Waals surface area contributed by atoms with E-state index in [-0.39, 0.29) is 5.91 Å². The highest BCUT2D eigenvalue weighted by atomic mass is 32.2. The van der Waals surface area contributed by atoms with Crippen molar-refractivity contribution in [2.75, 3.05) is 12.3 Å². The van der Waals surface area contributed by atoms with Crippen molar-refractivity contribution in [2.24, 2.45) is 0 Å². The molecule has 0 unspecified atom stereocenters. The molecule has 1 saturated carbocycles. The molecular weight excluding hydrogens is 322 g/mol. The average molecular weight is 345 g/mol. The molecule has 3 rings (SSSR count). The van der Waals surface area contributed by atoms with Gasteiger partial charge in [-0.2, -0.15) is 11.8 Å². The number of carbonyl (C=O) groups excluding carboxylic acids is 1. The summed E-state index contributed by atoms with van der Waals surface area (Å²) in [5, 5.41) is 11.3. The van der Waals surface area contributed by atoms with Crippen molar-refractivity contribution < 1.29 is 4.79 Å². The van der Waals surface area contributed by atoms with E-state index in [1.54, 1.807) is 23.3 Å². The van der Waals surface area contributed by atoms with Crippen LogP contribution in [0.5, 0.6) is 0 Å². The third-order valence-corrected chi connectivity index (χ3v) is 5.63. The first-order valence-corrected chi connectivity index (χ1v) is 9.59. The van der Waals surface area contributed by atoms with Gasteiger partial charge < -0.3 is 5.32 Å². The fourth-order valence-corrected chi connectivity index (χ4v) is 4.17. The summed E-state index contributed by atoms with van der Waals surface area (Å²) < 4.78 is 1.68. The van der Waals surface area contributed by atoms with Crippen molar-refractivity contribution >= 4 is 17.7 Å². The van der Waals surface area contributed by atoms with E-state index >= 15 is 0 Å². The van der Waals surface area contributed by atoms with Crippen LogP contribution < -0.4 is 5.32 Å². The minimum atomic E-state index is -0.132. The highest BCUT2D eigenvalue weighted by Gasteiger charge is 2.13.